The predicted octanol–water partition coefficient (Wildman–Crippen LogP) is 3.14. The molecule has 0 spiro atoms. The topological polar surface area (TPSA) is 61.5 Å². The third kappa shape index (κ3) is 3.70. The van der Waals surface area contributed by atoms with Gasteiger partial charge in [-0.3, -0.25) is 0 Å². The van der Waals surface area contributed by atoms with Crippen molar-refractivity contribution in [2.45, 2.75) is 45.0 Å². The smallest absolute Gasteiger partial charge is 0.340 e. The summed E-state index contributed by atoms with van der Waals surface area (Å²) in [5.74, 6) is -0.365. The predicted molar refractivity (Wildman–Crippen MR) is 77.0 cm³/mol. The number of nitrogen functional groups attached to an aromatic ring is 1. The van der Waals surface area contributed by atoms with E-state index in [9.17, 15) is 4.79 Å². The molecule has 1 aromatic carbocycles. The first-order valence-corrected chi connectivity index (χ1v) is 7.16. The van der Waals surface area contributed by atoms with Crippen LogP contribution >= 0.6 is 15.9 Å². The van der Waals surface area contributed by atoms with Crippen molar-refractivity contribution in [2.24, 2.45) is 0 Å². The van der Waals surface area contributed by atoms with E-state index >= 15 is 0 Å². The third-order valence-corrected chi connectivity index (χ3v) is 3.65. The van der Waals surface area contributed by atoms with Crippen LogP contribution in [0.3, 0.4) is 0 Å². The second kappa shape index (κ2) is 5.92. The summed E-state index contributed by atoms with van der Waals surface area (Å²) in [6, 6.07) is 5.15. The van der Waals surface area contributed by atoms with Crippen molar-refractivity contribution in [2.75, 3.05) is 5.73 Å². The summed E-state index contributed by atoms with van der Waals surface area (Å²) in [5.41, 5.74) is 6.66. The third-order valence-electron chi connectivity index (χ3n) is 3.16. The van der Waals surface area contributed by atoms with Gasteiger partial charge in [0, 0.05) is 23.0 Å². The van der Waals surface area contributed by atoms with E-state index in [1.165, 1.54) is 0 Å². The van der Waals surface area contributed by atoms with Gasteiger partial charge in [0.15, 0.2) is 0 Å². The molecule has 0 amide bonds. The van der Waals surface area contributed by atoms with Crippen LogP contribution in [0, 0.1) is 0 Å². The first-order chi connectivity index (χ1) is 8.95. The molecule has 1 saturated heterocycles. The summed E-state index contributed by atoms with van der Waals surface area (Å²) < 4.78 is 12.0. The summed E-state index contributed by atoms with van der Waals surface area (Å²) >= 11 is 3.31. The van der Waals surface area contributed by atoms with Crippen molar-refractivity contribution in [3.8, 4) is 0 Å². The molecular formula is C14H18BrNO3. The Labute approximate surface area is 121 Å². The van der Waals surface area contributed by atoms with Crippen LogP contribution in [0.15, 0.2) is 22.7 Å². The van der Waals surface area contributed by atoms with Crippen LogP contribution in [0.4, 0.5) is 5.69 Å². The fourth-order valence-corrected chi connectivity index (χ4v) is 2.75. The highest BCUT2D eigenvalue weighted by Gasteiger charge is 2.28. The highest BCUT2D eigenvalue weighted by Crippen LogP contribution is 2.24. The highest BCUT2D eigenvalue weighted by molar-refractivity contribution is 9.10. The first-order valence-electron chi connectivity index (χ1n) is 6.37. The lowest BCUT2D eigenvalue weighted by atomic mass is 10.0. The summed E-state index contributed by atoms with van der Waals surface area (Å²) in [6.45, 7) is 3.98. The molecule has 1 fully saturated rings. The van der Waals surface area contributed by atoms with Crippen molar-refractivity contribution in [3.05, 3.63) is 28.2 Å². The number of esters is 1. The minimum atomic E-state index is -0.365. The molecule has 5 heteroatoms. The number of hydrogen-bond donors (Lipinski definition) is 1. The molecule has 0 aromatic heterocycles. The molecule has 0 aliphatic carbocycles. The minimum absolute atomic E-state index is 0.103. The standard InChI is InChI=1S/C14H18BrNO3/c1-8-5-11(6-9(2)18-8)19-14(17)12-4-3-10(15)7-13(12)16/h3-4,7-9,11H,5-6,16H2,1-2H3. The summed E-state index contributed by atoms with van der Waals surface area (Å²) in [7, 11) is 0. The van der Waals surface area contributed by atoms with Gasteiger partial charge >= 0.3 is 5.97 Å². The molecule has 1 aromatic rings. The van der Waals surface area contributed by atoms with E-state index in [1.54, 1.807) is 18.2 Å². The highest BCUT2D eigenvalue weighted by atomic mass is 79.9. The van der Waals surface area contributed by atoms with Crippen LogP contribution in [0.1, 0.15) is 37.0 Å². The van der Waals surface area contributed by atoms with Gasteiger partial charge in [-0.05, 0) is 32.0 Å². The summed E-state index contributed by atoms with van der Waals surface area (Å²) in [5, 5.41) is 0. The van der Waals surface area contributed by atoms with Crippen molar-refractivity contribution in [1.82, 2.24) is 0 Å². The molecule has 1 aliphatic heterocycles. The van der Waals surface area contributed by atoms with Crippen molar-refractivity contribution < 1.29 is 14.3 Å². The van der Waals surface area contributed by atoms with Crippen molar-refractivity contribution in [3.63, 3.8) is 0 Å². The Balaban J connectivity index is 2.04. The molecule has 104 valence electrons. The number of rotatable bonds is 2. The largest absolute Gasteiger partial charge is 0.459 e. The number of nitrogens with two attached hydrogens (primary N) is 1. The quantitative estimate of drug-likeness (QED) is 0.669. The van der Waals surface area contributed by atoms with Crippen molar-refractivity contribution >= 4 is 27.6 Å². The normalized spacial score (nSPS) is 27.0. The fraction of sp³-hybridized carbons (Fsp3) is 0.500. The van der Waals surface area contributed by atoms with Gasteiger partial charge in [-0.15, -0.1) is 0 Å². The Morgan fingerprint density at radius 2 is 2.00 bits per heavy atom. The first kappa shape index (κ1) is 14.3. The number of benzene rings is 1. The lowest BCUT2D eigenvalue weighted by molar-refractivity contribution is -0.0855. The zero-order valence-corrected chi connectivity index (χ0v) is 12.6. The summed E-state index contributed by atoms with van der Waals surface area (Å²) in [6.07, 6.45) is 1.58. The molecule has 2 atom stereocenters. The molecular weight excluding hydrogens is 310 g/mol. The van der Waals surface area contributed by atoms with Gasteiger partial charge < -0.3 is 15.2 Å². The molecule has 0 radical (unpaired) electrons. The van der Waals surface area contributed by atoms with Crippen LogP contribution in [0.5, 0.6) is 0 Å². The number of carbonyl (C=O) groups excluding carboxylic acids is 1. The fourth-order valence-electron chi connectivity index (χ4n) is 2.37. The van der Waals surface area contributed by atoms with Crippen molar-refractivity contribution in [1.29, 1.82) is 0 Å². The number of anilines is 1. The molecule has 2 N–H and O–H groups in total. The van der Waals surface area contributed by atoms with E-state index in [2.05, 4.69) is 15.9 Å². The lowest BCUT2D eigenvalue weighted by Gasteiger charge is -2.31. The Hall–Kier alpha value is -1.07. The molecule has 0 bridgehead atoms. The van der Waals surface area contributed by atoms with Gasteiger partial charge in [0.1, 0.15) is 6.10 Å². The molecule has 1 aliphatic rings. The number of carbonyl (C=O) groups is 1. The molecule has 2 unspecified atom stereocenters. The van der Waals surface area contributed by atoms with Gasteiger partial charge in [0.05, 0.1) is 17.8 Å². The molecule has 19 heavy (non-hydrogen) atoms. The Morgan fingerprint density at radius 3 is 2.58 bits per heavy atom. The van der Waals surface area contributed by atoms with E-state index in [4.69, 9.17) is 15.2 Å². The monoisotopic (exact) mass is 327 g/mol. The SMILES string of the molecule is CC1CC(OC(=O)c2ccc(Br)cc2N)CC(C)O1. The van der Waals surface area contributed by atoms with Crippen LogP contribution in [0.2, 0.25) is 0 Å². The second-order valence-electron chi connectivity index (χ2n) is 4.99. The van der Waals surface area contributed by atoms with E-state index < -0.39 is 0 Å². The van der Waals surface area contributed by atoms with E-state index in [-0.39, 0.29) is 24.3 Å². The second-order valence-corrected chi connectivity index (χ2v) is 5.90. The van der Waals surface area contributed by atoms with Crippen LogP contribution < -0.4 is 5.73 Å². The van der Waals surface area contributed by atoms with Gasteiger partial charge in [0.25, 0.3) is 0 Å². The minimum Gasteiger partial charge on any atom is -0.459 e. The van der Waals surface area contributed by atoms with Crippen LogP contribution in [-0.2, 0) is 9.47 Å². The maximum Gasteiger partial charge on any atom is 0.340 e. The Morgan fingerprint density at radius 1 is 1.37 bits per heavy atom. The lowest BCUT2D eigenvalue weighted by Crippen LogP contribution is -2.35. The van der Waals surface area contributed by atoms with E-state index in [1.807, 2.05) is 13.8 Å². The van der Waals surface area contributed by atoms with E-state index in [0.29, 0.717) is 11.3 Å². The van der Waals surface area contributed by atoms with Crippen LogP contribution in [0.25, 0.3) is 0 Å². The van der Waals surface area contributed by atoms with Crippen LogP contribution in [-0.4, -0.2) is 24.3 Å². The molecule has 1 heterocycles. The maximum absolute atomic E-state index is 12.1. The summed E-state index contributed by atoms with van der Waals surface area (Å²) in [4.78, 5) is 12.1. The average Bonchev–Trinajstić information content (AvgIpc) is 2.26. The van der Waals surface area contributed by atoms with Gasteiger partial charge in [-0.2, -0.15) is 0 Å². The zero-order chi connectivity index (χ0) is 14.0. The zero-order valence-electron chi connectivity index (χ0n) is 11.1. The Kier molecular flexibility index (Phi) is 4.47. The molecule has 4 nitrogen and oxygen atoms in total. The number of ether oxygens (including phenoxy) is 2. The van der Waals surface area contributed by atoms with Gasteiger partial charge in [0.2, 0.25) is 0 Å². The number of halogens is 1. The molecule has 0 saturated carbocycles. The molecule has 2 rings (SSSR count). The number of hydrogen-bond acceptors (Lipinski definition) is 4. The van der Waals surface area contributed by atoms with E-state index in [0.717, 1.165) is 17.3 Å². The Bertz CT molecular complexity index is 468. The van der Waals surface area contributed by atoms with Gasteiger partial charge in [-0.1, -0.05) is 15.9 Å². The maximum atomic E-state index is 12.1. The van der Waals surface area contributed by atoms with Gasteiger partial charge in [-0.25, -0.2) is 4.79 Å². The average molecular weight is 328 g/mol.